The normalized spacial score (nSPS) is 17.2. The average molecular weight is 299 g/mol. The second-order valence-electron chi connectivity index (χ2n) is 6.61. The molecule has 1 aliphatic rings. The first-order chi connectivity index (χ1) is 9.78. The molecule has 1 saturated heterocycles. The standard InChI is InChI=1S/C15H29N3O3/c1-12(10-17-14(20)21-15(2,3)4)16-11-13(19)18-8-6-5-7-9-18/h12,16H,5-11H2,1-4H3,(H,17,20). The average Bonchev–Trinajstić information content (AvgIpc) is 2.41. The van der Waals surface area contributed by atoms with Crippen molar-refractivity contribution in [3.05, 3.63) is 0 Å². The van der Waals surface area contributed by atoms with Crippen molar-refractivity contribution in [3.63, 3.8) is 0 Å². The van der Waals surface area contributed by atoms with Crippen LogP contribution in [0.4, 0.5) is 4.79 Å². The van der Waals surface area contributed by atoms with Gasteiger partial charge >= 0.3 is 6.09 Å². The molecule has 0 aromatic rings. The number of piperidine rings is 1. The maximum absolute atomic E-state index is 12.0. The molecule has 21 heavy (non-hydrogen) atoms. The molecule has 2 N–H and O–H groups in total. The quantitative estimate of drug-likeness (QED) is 0.807. The number of amides is 2. The van der Waals surface area contributed by atoms with Gasteiger partial charge in [-0.2, -0.15) is 0 Å². The van der Waals surface area contributed by atoms with Gasteiger partial charge in [-0.25, -0.2) is 4.79 Å². The zero-order chi connectivity index (χ0) is 15.9. The van der Waals surface area contributed by atoms with Crippen LogP contribution >= 0.6 is 0 Å². The van der Waals surface area contributed by atoms with E-state index in [1.807, 2.05) is 32.6 Å². The van der Waals surface area contributed by atoms with E-state index in [1.165, 1.54) is 6.42 Å². The largest absolute Gasteiger partial charge is 0.444 e. The summed E-state index contributed by atoms with van der Waals surface area (Å²) < 4.78 is 5.16. The van der Waals surface area contributed by atoms with Gasteiger partial charge in [0.1, 0.15) is 5.60 Å². The summed E-state index contributed by atoms with van der Waals surface area (Å²) in [4.78, 5) is 25.4. The molecule has 1 heterocycles. The smallest absolute Gasteiger partial charge is 0.407 e. The monoisotopic (exact) mass is 299 g/mol. The maximum atomic E-state index is 12.0. The maximum Gasteiger partial charge on any atom is 0.407 e. The SMILES string of the molecule is CC(CNC(=O)OC(C)(C)C)NCC(=O)N1CCCCC1. The molecule has 1 aliphatic heterocycles. The fraction of sp³-hybridized carbons (Fsp3) is 0.867. The lowest BCUT2D eigenvalue weighted by Crippen LogP contribution is -2.46. The lowest BCUT2D eigenvalue weighted by molar-refractivity contribution is -0.131. The van der Waals surface area contributed by atoms with Crippen LogP contribution in [0.25, 0.3) is 0 Å². The second kappa shape index (κ2) is 8.22. The van der Waals surface area contributed by atoms with E-state index in [4.69, 9.17) is 4.74 Å². The zero-order valence-corrected chi connectivity index (χ0v) is 13.7. The first-order valence-electron chi connectivity index (χ1n) is 7.76. The van der Waals surface area contributed by atoms with E-state index >= 15 is 0 Å². The van der Waals surface area contributed by atoms with E-state index in [2.05, 4.69) is 10.6 Å². The number of nitrogens with one attached hydrogen (secondary N) is 2. The molecule has 0 radical (unpaired) electrons. The van der Waals surface area contributed by atoms with Crippen molar-refractivity contribution in [2.24, 2.45) is 0 Å². The highest BCUT2D eigenvalue weighted by Gasteiger charge is 2.18. The minimum Gasteiger partial charge on any atom is -0.444 e. The zero-order valence-electron chi connectivity index (χ0n) is 13.7. The van der Waals surface area contributed by atoms with E-state index in [9.17, 15) is 9.59 Å². The summed E-state index contributed by atoms with van der Waals surface area (Å²) >= 11 is 0. The molecule has 1 fully saturated rings. The third kappa shape index (κ3) is 7.90. The van der Waals surface area contributed by atoms with E-state index in [1.54, 1.807) is 0 Å². The Morgan fingerprint density at radius 1 is 1.19 bits per heavy atom. The Kier molecular flexibility index (Phi) is 6.95. The Morgan fingerprint density at radius 3 is 2.38 bits per heavy atom. The van der Waals surface area contributed by atoms with Crippen molar-refractivity contribution in [2.75, 3.05) is 26.2 Å². The molecule has 0 aromatic heterocycles. The fourth-order valence-corrected chi connectivity index (χ4v) is 2.14. The lowest BCUT2D eigenvalue weighted by atomic mass is 10.1. The number of rotatable bonds is 5. The van der Waals surface area contributed by atoms with Gasteiger partial charge in [-0.1, -0.05) is 0 Å². The van der Waals surface area contributed by atoms with Crippen LogP contribution in [0.1, 0.15) is 47.0 Å². The topological polar surface area (TPSA) is 70.7 Å². The molecule has 6 heteroatoms. The highest BCUT2D eigenvalue weighted by molar-refractivity contribution is 5.78. The summed E-state index contributed by atoms with van der Waals surface area (Å²) in [6, 6.07) is 0.0197. The molecule has 0 aliphatic carbocycles. The highest BCUT2D eigenvalue weighted by atomic mass is 16.6. The van der Waals surface area contributed by atoms with Gasteiger partial charge in [0.2, 0.25) is 5.91 Å². The molecule has 6 nitrogen and oxygen atoms in total. The van der Waals surface area contributed by atoms with Crippen LogP contribution in [-0.2, 0) is 9.53 Å². The van der Waals surface area contributed by atoms with Gasteiger partial charge in [-0.3, -0.25) is 4.79 Å². The summed E-state index contributed by atoms with van der Waals surface area (Å²) in [5, 5.41) is 5.83. The van der Waals surface area contributed by atoms with E-state index in [-0.39, 0.29) is 11.9 Å². The number of carbonyl (C=O) groups excluding carboxylic acids is 2. The van der Waals surface area contributed by atoms with Crippen molar-refractivity contribution >= 4 is 12.0 Å². The number of hydrogen-bond acceptors (Lipinski definition) is 4. The van der Waals surface area contributed by atoms with Crippen molar-refractivity contribution < 1.29 is 14.3 Å². The number of likely N-dealkylation sites (tertiary alicyclic amines) is 1. The lowest BCUT2D eigenvalue weighted by Gasteiger charge is -2.27. The number of nitrogens with zero attached hydrogens (tertiary/aromatic N) is 1. The van der Waals surface area contributed by atoms with Crippen LogP contribution in [-0.4, -0.2) is 54.7 Å². The molecule has 1 atom stereocenters. The summed E-state index contributed by atoms with van der Waals surface area (Å²) in [5.74, 6) is 0.138. The predicted molar refractivity (Wildman–Crippen MR) is 82.1 cm³/mol. The van der Waals surface area contributed by atoms with Crippen LogP contribution in [0.3, 0.4) is 0 Å². The minimum absolute atomic E-state index is 0.0197. The molecule has 0 bridgehead atoms. The summed E-state index contributed by atoms with van der Waals surface area (Å²) in [7, 11) is 0. The second-order valence-corrected chi connectivity index (χ2v) is 6.61. The molecular weight excluding hydrogens is 270 g/mol. The van der Waals surface area contributed by atoms with Crippen molar-refractivity contribution in [1.29, 1.82) is 0 Å². The third-order valence-corrected chi connectivity index (χ3v) is 3.26. The summed E-state index contributed by atoms with van der Waals surface area (Å²) in [6.45, 7) is 9.89. The van der Waals surface area contributed by atoms with Crippen LogP contribution in [0.5, 0.6) is 0 Å². The first kappa shape index (κ1) is 17.8. The van der Waals surface area contributed by atoms with Crippen LogP contribution < -0.4 is 10.6 Å². The summed E-state index contributed by atoms with van der Waals surface area (Å²) in [6.07, 6.45) is 2.98. The van der Waals surface area contributed by atoms with Gasteiger partial charge in [0.25, 0.3) is 0 Å². The molecule has 0 saturated carbocycles. The number of carbonyl (C=O) groups is 2. The number of alkyl carbamates (subject to hydrolysis) is 1. The molecular formula is C15H29N3O3. The first-order valence-corrected chi connectivity index (χ1v) is 7.76. The van der Waals surface area contributed by atoms with Gasteiger partial charge in [0, 0.05) is 25.7 Å². The van der Waals surface area contributed by atoms with E-state index in [0.717, 1.165) is 25.9 Å². The minimum atomic E-state index is -0.495. The molecule has 1 unspecified atom stereocenters. The molecule has 0 spiro atoms. The van der Waals surface area contributed by atoms with Crippen molar-refractivity contribution in [1.82, 2.24) is 15.5 Å². The highest BCUT2D eigenvalue weighted by Crippen LogP contribution is 2.08. The van der Waals surface area contributed by atoms with Crippen molar-refractivity contribution in [3.8, 4) is 0 Å². The Hall–Kier alpha value is -1.30. The molecule has 2 amide bonds. The Bertz CT molecular complexity index is 347. The molecule has 0 aromatic carbocycles. The van der Waals surface area contributed by atoms with Crippen LogP contribution in [0.15, 0.2) is 0 Å². The van der Waals surface area contributed by atoms with Gasteiger partial charge in [0.05, 0.1) is 6.54 Å². The number of hydrogen-bond donors (Lipinski definition) is 2. The van der Waals surface area contributed by atoms with Crippen LogP contribution in [0.2, 0.25) is 0 Å². The van der Waals surface area contributed by atoms with E-state index < -0.39 is 11.7 Å². The summed E-state index contributed by atoms with van der Waals surface area (Å²) in [5.41, 5.74) is -0.495. The Morgan fingerprint density at radius 2 is 1.81 bits per heavy atom. The Labute approximate surface area is 127 Å². The molecule has 1 rings (SSSR count). The van der Waals surface area contributed by atoms with Crippen molar-refractivity contribution in [2.45, 2.75) is 58.6 Å². The van der Waals surface area contributed by atoms with Crippen LogP contribution in [0, 0.1) is 0 Å². The van der Waals surface area contributed by atoms with Gasteiger partial charge < -0.3 is 20.3 Å². The van der Waals surface area contributed by atoms with E-state index in [0.29, 0.717) is 13.1 Å². The van der Waals surface area contributed by atoms with Gasteiger partial charge in [-0.15, -0.1) is 0 Å². The van der Waals surface area contributed by atoms with Gasteiger partial charge in [0.15, 0.2) is 0 Å². The predicted octanol–water partition coefficient (Wildman–Crippen LogP) is 1.50. The fourth-order valence-electron chi connectivity index (χ4n) is 2.14. The number of ether oxygens (including phenoxy) is 1. The molecule has 122 valence electrons. The Balaban J connectivity index is 2.17. The third-order valence-electron chi connectivity index (χ3n) is 3.26. The van der Waals surface area contributed by atoms with Gasteiger partial charge in [-0.05, 0) is 47.0 Å².